The maximum atomic E-state index is 12.9. The molecule has 0 radical (unpaired) electrons. The summed E-state index contributed by atoms with van der Waals surface area (Å²) in [6.45, 7) is 3.91. The molecule has 1 saturated carbocycles. The summed E-state index contributed by atoms with van der Waals surface area (Å²) in [6, 6.07) is 15.8. The predicted octanol–water partition coefficient (Wildman–Crippen LogP) is 5.15. The van der Waals surface area contributed by atoms with Crippen LogP contribution in [-0.4, -0.2) is 124 Å². The van der Waals surface area contributed by atoms with Gasteiger partial charge in [0.15, 0.2) is 6.10 Å². The molecule has 15 nitrogen and oxygen atoms in total. The second-order valence-corrected chi connectivity index (χ2v) is 13.6. The van der Waals surface area contributed by atoms with Gasteiger partial charge in [0.25, 0.3) is 0 Å². The van der Waals surface area contributed by atoms with Gasteiger partial charge in [-0.2, -0.15) is 0 Å². The van der Waals surface area contributed by atoms with Crippen LogP contribution in [0.4, 0.5) is 10.5 Å². The van der Waals surface area contributed by atoms with Crippen LogP contribution in [0.15, 0.2) is 48.5 Å². The minimum absolute atomic E-state index is 0.0804. The Labute approximate surface area is 311 Å². The van der Waals surface area contributed by atoms with Crippen molar-refractivity contribution < 1.29 is 58.0 Å². The molecule has 3 aliphatic rings. The molecule has 3 atom stereocenters. The minimum atomic E-state index is -0.835. The molecule has 2 heterocycles. The maximum absolute atomic E-state index is 12.9. The van der Waals surface area contributed by atoms with Crippen LogP contribution in [0.3, 0.4) is 0 Å². The molecule has 0 aromatic heterocycles. The van der Waals surface area contributed by atoms with Gasteiger partial charge in [-0.3, -0.25) is 20.0 Å². The lowest BCUT2D eigenvalue weighted by molar-refractivity contribution is -0.492. The van der Waals surface area contributed by atoms with Crippen molar-refractivity contribution in [3.63, 3.8) is 0 Å². The number of methoxy groups -OCH3 is 1. The molecule has 15 heteroatoms. The summed E-state index contributed by atoms with van der Waals surface area (Å²) in [5, 5.41) is 16.9. The van der Waals surface area contributed by atoms with Crippen LogP contribution in [0, 0.1) is 0 Å². The van der Waals surface area contributed by atoms with Gasteiger partial charge in [0.2, 0.25) is 6.41 Å². The van der Waals surface area contributed by atoms with E-state index < -0.39 is 24.5 Å². The highest BCUT2D eigenvalue weighted by atomic mass is 17.1. The topological polar surface area (TPSA) is 158 Å². The number of unbranched alkanes of at least 4 members (excludes halogenated alkanes) is 3. The highest BCUT2D eigenvalue weighted by Gasteiger charge is 2.43. The lowest BCUT2D eigenvalue weighted by Gasteiger charge is -2.43. The molecule has 294 valence electrons. The van der Waals surface area contributed by atoms with E-state index in [2.05, 4.69) is 15.8 Å². The van der Waals surface area contributed by atoms with Gasteiger partial charge in [0.1, 0.15) is 30.3 Å². The van der Waals surface area contributed by atoms with E-state index in [1.165, 1.54) is 0 Å². The summed E-state index contributed by atoms with van der Waals surface area (Å²) < 4.78 is 42.0. The first-order valence-corrected chi connectivity index (χ1v) is 18.7. The van der Waals surface area contributed by atoms with E-state index in [-0.39, 0.29) is 50.5 Å². The Morgan fingerprint density at radius 1 is 0.925 bits per heavy atom. The SMILES string of the molecule is COCCCN1CCOc2ccc(COC3CN(C=O)CC(OC(=O)OCCCCCCON(O)O)C3OC3CCC(Oc4ccccc4)CC3)cc21. The third-order valence-electron chi connectivity index (χ3n) is 9.66. The zero-order valence-corrected chi connectivity index (χ0v) is 30.6. The molecule has 1 saturated heterocycles. The fourth-order valence-corrected chi connectivity index (χ4v) is 6.96. The number of fused-ring (bicyclic) bond motifs is 1. The van der Waals surface area contributed by atoms with Gasteiger partial charge in [-0.25, -0.2) is 4.79 Å². The summed E-state index contributed by atoms with van der Waals surface area (Å²) >= 11 is 0. The van der Waals surface area contributed by atoms with E-state index in [1.807, 2.05) is 42.5 Å². The quantitative estimate of drug-likeness (QED) is 0.0748. The number of hydrogen-bond donors (Lipinski definition) is 2. The first kappa shape index (κ1) is 40.5. The minimum Gasteiger partial charge on any atom is -0.490 e. The van der Waals surface area contributed by atoms with Crippen LogP contribution in [-0.2, 0) is 39.9 Å². The molecule has 0 spiro atoms. The number of anilines is 1. The van der Waals surface area contributed by atoms with Gasteiger partial charge in [-0.05, 0) is 81.2 Å². The van der Waals surface area contributed by atoms with Gasteiger partial charge < -0.3 is 43.0 Å². The van der Waals surface area contributed by atoms with Crippen molar-refractivity contribution in [3.8, 4) is 11.5 Å². The van der Waals surface area contributed by atoms with Crippen LogP contribution in [0.25, 0.3) is 0 Å². The van der Waals surface area contributed by atoms with Gasteiger partial charge in [0.05, 0.1) is 56.2 Å². The van der Waals surface area contributed by atoms with E-state index in [0.29, 0.717) is 26.1 Å². The number of carbonyl (C=O) groups is 2. The maximum Gasteiger partial charge on any atom is 0.508 e. The summed E-state index contributed by atoms with van der Waals surface area (Å²) in [5.41, 5.74) is 1.95. The van der Waals surface area contributed by atoms with Crippen molar-refractivity contribution in [2.75, 3.05) is 64.6 Å². The number of carbonyl (C=O) groups excluding carboxylic acids is 2. The largest absolute Gasteiger partial charge is 0.508 e. The smallest absolute Gasteiger partial charge is 0.490 e. The third-order valence-corrected chi connectivity index (χ3v) is 9.66. The van der Waals surface area contributed by atoms with Gasteiger partial charge in [-0.15, -0.1) is 0 Å². The number of rotatable bonds is 21. The molecule has 1 amide bonds. The molecular formula is C38H55N3O12. The number of para-hydroxylation sites is 1. The second kappa shape index (κ2) is 21.9. The van der Waals surface area contributed by atoms with Crippen molar-refractivity contribution in [1.29, 1.82) is 0 Å². The standard InChI is InChI=1S/C38H55N3O12/c1-46-20-9-18-40-19-23-47-34-17-12-29(24-33(34)40)27-49-35-25-39(28-42)26-36(53-38(43)48-21-7-2-3-8-22-50-41(44)45)37(35)52-32-15-13-31(14-16-32)51-30-10-5-4-6-11-30/h4-6,10-12,17,24,28,31-32,35-37,44-45H,2-3,7-9,13-16,18-23,25-27H2,1H3. The number of likely N-dealkylation sites (tertiary alicyclic amines) is 1. The highest BCUT2D eigenvalue weighted by molar-refractivity contribution is 5.61. The van der Waals surface area contributed by atoms with Gasteiger partial charge >= 0.3 is 6.16 Å². The third kappa shape index (κ3) is 13.3. The number of ether oxygens (including phenoxy) is 7. The normalized spacial score (nSPS) is 22.9. The first-order valence-electron chi connectivity index (χ1n) is 18.7. The molecule has 0 bridgehead atoms. The van der Waals surface area contributed by atoms with Crippen LogP contribution in [0.1, 0.15) is 63.4 Å². The van der Waals surface area contributed by atoms with Gasteiger partial charge in [-0.1, -0.05) is 30.7 Å². The van der Waals surface area contributed by atoms with E-state index in [1.54, 1.807) is 12.0 Å². The predicted molar refractivity (Wildman–Crippen MR) is 191 cm³/mol. The van der Waals surface area contributed by atoms with Crippen LogP contribution in [0.5, 0.6) is 11.5 Å². The van der Waals surface area contributed by atoms with Crippen LogP contribution in [0.2, 0.25) is 0 Å². The van der Waals surface area contributed by atoms with Crippen molar-refractivity contribution in [2.24, 2.45) is 0 Å². The van der Waals surface area contributed by atoms with Crippen molar-refractivity contribution in [2.45, 2.75) is 94.9 Å². The average Bonchev–Trinajstić information content (AvgIpc) is 3.17. The van der Waals surface area contributed by atoms with Crippen molar-refractivity contribution in [3.05, 3.63) is 54.1 Å². The molecule has 2 aromatic carbocycles. The lowest BCUT2D eigenvalue weighted by Crippen LogP contribution is -2.59. The number of piperidine rings is 1. The Morgan fingerprint density at radius 3 is 2.43 bits per heavy atom. The van der Waals surface area contributed by atoms with E-state index in [4.69, 9.17) is 43.6 Å². The zero-order chi connectivity index (χ0) is 37.3. The number of amides is 1. The summed E-state index contributed by atoms with van der Waals surface area (Å²) in [4.78, 5) is 33.5. The highest BCUT2D eigenvalue weighted by Crippen LogP contribution is 2.34. The molecule has 1 aliphatic carbocycles. The summed E-state index contributed by atoms with van der Waals surface area (Å²) in [6.07, 6.45) is 4.60. The molecular weight excluding hydrogens is 690 g/mol. The zero-order valence-electron chi connectivity index (χ0n) is 30.6. The molecule has 2 aliphatic heterocycles. The van der Waals surface area contributed by atoms with Gasteiger partial charge in [0, 0.05) is 26.8 Å². The Morgan fingerprint density at radius 2 is 1.68 bits per heavy atom. The molecule has 53 heavy (non-hydrogen) atoms. The first-order chi connectivity index (χ1) is 25.9. The lowest BCUT2D eigenvalue weighted by atomic mass is 9.93. The Bertz CT molecular complexity index is 1360. The van der Waals surface area contributed by atoms with E-state index in [9.17, 15) is 9.59 Å². The van der Waals surface area contributed by atoms with Crippen LogP contribution >= 0.6 is 0 Å². The van der Waals surface area contributed by atoms with Crippen LogP contribution < -0.4 is 14.4 Å². The fourth-order valence-electron chi connectivity index (χ4n) is 6.96. The van der Waals surface area contributed by atoms with E-state index >= 15 is 0 Å². The molecule has 2 aromatic rings. The van der Waals surface area contributed by atoms with Crippen molar-refractivity contribution in [1.82, 2.24) is 10.3 Å². The number of hydrogen-bond acceptors (Lipinski definition) is 14. The second-order valence-electron chi connectivity index (χ2n) is 13.6. The number of nitrogens with zero attached hydrogens (tertiary/aromatic N) is 3. The Hall–Kier alpha value is -3.70. The monoisotopic (exact) mass is 745 g/mol. The molecule has 2 N–H and O–H groups in total. The summed E-state index contributed by atoms with van der Waals surface area (Å²) in [7, 11) is 1.70. The van der Waals surface area contributed by atoms with Crippen molar-refractivity contribution >= 4 is 18.3 Å². The Kier molecular flexibility index (Phi) is 16.7. The molecule has 2 fully saturated rings. The van der Waals surface area contributed by atoms with E-state index in [0.717, 1.165) is 87.2 Å². The number of benzene rings is 2. The molecule has 5 rings (SSSR count). The average molecular weight is 746 g/mol. The fraction of sp³-hybridized carbons (Fsp3) is 0.632. The summed E-state index contributed by atoms with van der Waals surface area (Å²) in [5.74, 6) is 1.68. The Balaban J connectivity index is 1.21. The molecule has 3 unspecified atom stereocenters.